The van der Waals surface area contributed by atoms with Crippen LogP contribution in [0.5, 0.6) is 0 Å². The Morgan fingerprint density at radius 1 is 1.05 bits per heavy atom. The first-order chi connectivity index (χ1) is 9.38. The van der Waals surface area contributed by atoms with E-state index in [1.807, 2.05) is 12.3 Å². The third-order valence-electron chi connectivity index (χ3n) is 4.48. The van der Waals surface area contributed by atoms with Gasteiger partial charge in [0.05, 0.1) is 5.52 Å². The van der Waals surface area contributed by atoms with Crippen LogP contribution in [-0.4, -0.2) is 23.1 Å². The Morgan fingerprint density at radius 3 is 2.68 bits per heavy atom. The van der Waals surface area contributed by atoms with E-state index < -0.39 is 0 Å². The van der Waals surface area contributed by atoms with Crippen molar-refractivity contribution >= 4 is 16.6 Å². The Balaban J connectivity index is 1.61. The van der Waals surface area contributed by atoms with E-state index in [-0.39, 0.29) is 0 Å². The van der Waals surface area contributed by atoms with Gasteiger partial charge in [-0.15, -0.1) is 0 Å². The highest BCUT2D eigenvalue weighted by Gasteiger charge is 2.33. The summed E-state index contributed by atoms with van der Waals surface area (Å²) in [6.07, 6.45) is 7.08. The Bertz CT molecular complexity index is 578. The molecular weight excluding hydrogens is 234 g/mol. The van der Waals surface area contributed by atoms with Gasteiger partial charge in [-0.05, 0) is 37.8 Å². The summed E-state index contributed by atoms with van der Waals surface area (Å²) in [6, 6.07) is 12.5. The van der Waals surface area contributed by atoms with Crippen molar-refractivity contribution in [1.82, 2.24) is 10.3 Å². The molecule has 3 heterocycles. The van der Waals surface area contributed by atoms with Gasteiger partial charge in [0, 0.05) is 35.4 Å². The smallest absolute Gasteiger partial charge is 0.0722 e. The quantitative estimate of drug-likeness (QED) is 0.864. The molecule has 0 amide bonds. The molecule has 2 unspecified atom stereocenters. The van der Waals surface area contributed by atoms with Crippen molar-refractivity contribution in [1.29, 1.82) is 0 Å². The van der Waals surface area contributed by atoms with E-state index in [4.69, 9.17) is 0 Å². The minimum Gasteiger partial charge on any atom is -0.382 e. The molecule has 2 bridgehead atoms. The average Bonchev–Trinajstić information content (AvgIpc) is 2.78. The van der Waals surface area contributed by atoms with Gasteiger partial charge in [0.2, 0.25) is 0 Å². The highest BCUT2D eigenvalue weighted by Crippen LogP contribution is 2.30. The van der Waals surface area contributed by atoms with Crippen molar-refractivity contribution in [2.45, 2.75) is 43.8 Å². The number of piperidine rings is 1. The number of nitrogens with one attached hydrogen (secondary N) is 2. The van der Waals surface area contributed by atoms with Crippen molar-refractivity contribution in [2.75, 3.05) is 5.32 Å². The summed E-state index contributed by atoms with van der Waals surface area (Å²) in [7, 11) is 0. The second kappa shape index (κ2) is 4.49. The summed E-state index contributed by atoms with van der Waals surface area (Å²) in [5.74, 6) is 0. The molecule has 0 spiro atoms. The Kier molecular flexibility index (Phi) is 2.66. The van der Waals surface area contributed by atoms with Crippen molar-refractivity contribution < 1.29 is 0 Å². The Hall–Kier alpha value is -1.61. The molecule has 2 aliphatic rings. The minimum atomic E-state index is 0.601. The van der Waals surface area contributed by atoms with Gasteiger partial charge in [-0.1, -0.05) is 18.2 Å². The summed E-state index contributed by atoms with van der Waals surface area (Å²) in [4.78, 5) is 4.42. The minimum absolute atomic E-state index is 0.601. The lowest BCUT2D eigenvalue weighted by atomic mass is 9.99. The number of benzene rings is 1. The van der Waals surface area contributed by atoms with Crippen molar-refractivity contribution in [3.63, 3.8) is 0 Å². The van der Waals surface area contributed by atoms with E-state index in [0.717, 1.165) is 17.6 Å². The molecule has 2 saturated heterocycles. The molecule has 2 aromatic rings. The maximum absolute atomic E-state index is 4.42. The van der Waals surface area contributed by atoms with Gasteiger partial charge in [0.1, 0.15) is 0 Å². The largest absolute Gasteiger partial charge is 0.382 e. The van der Waals surface area contributed by atoms with E-state index in [2.05, 4.69) is 39.9 Å². The maximum Gasteiger partial charge on any atom is 0.0722 e. The van der Waals surface area contributed by atoms with E-state index in [1.165, 1.54) is 36.8 Å². The fourth-order valence-electron chi connectivity index (χ4n) is 3.62. The molecule has 2 N–H and O–H groups in total. The van der Waals surface area contributed by atoms with Crippen LogP contribution >= 0.6 is 0 Å². The molecule has 0 saturated carbocycles. The number of para-hydroxylation sites is 1. The standard InChI is InChI=1S/C16H19N3/c1-2-4-15-14(3-1)16(7-8-17-15)19-13-9-11-5-6-12(10-13)18-11/h1-4,7-8,11-13,18H,5-6,9-10H2,(H,17,19). The molecule has 3 nitrogen and oxygen atoms in total. The SMILES string of the molecule is c1ccc2c(NC3CC4CCC(C3)N4)ccnc2c1. The van der Waals surface area contributed by atoms with E-state index in [1.54, 1.807) is 0 Å². The zero-order chi connectivity index (χ0) is 12.7. The number of aromatic nitrogens is 1. The van der Waals surface area contributed by atoms with Crippen molar-refractivity contribution in [3.05, 3.63) is 36.5 Å². The van der Waals surface area contributed by atoms with Crippen LogP contribution in [0, 0.1) is 0 Å². The van der Waals surface area contributed by atoms with Crippen LogP contribution in [0.2, 0.25) is 0 Å². The lowest BCUT2D eigenvalue weighted by molar-refractivity contribution is 0.378. The molecule has 1 aromatic heterocycles. The molecule has 3 heteroatoms. The monoisotopic (exact) mass is 253 g/mol. The van der Waals surface area contributed by atoms with Crippen molar-refractivity contribution in [3.8, 4) is 0 Å². The van der Waals surface area contributed by atoms with Crippen LogP contribution in [0.1, 0.15) is 25.7 Å². The molecular formula is C16H19N3. The predicted molar refractivity (Wildman–Crippen MR) is 78.3 cm³/mol. The van der Waals surface area contributed by atoms with Gasteiger partial charge >= 0.3 is 0 Å². The van der Waals surface area contributed by atoms with E-state index >= 15 is 0 Å². The predicted octanol–water partition coefficient (Wildman–Crippen LogP) is 2.93. The molecule has 19 heavy (non-hydrogen) atoms. The molecule has 2 fully saturated rings. The molecule has 0 aliphatic carbocycles. The van der Waals surface area contributed by atoms with Crippen LogP contribution in [0.4, 0.5) is 5.69 Å². The van der Waals surface area contributed by atoms with E-state index in [9.17, 15) is 0 Å². The van der Waals surface area contributed by atoms with Crippen LogP contribution in [-0.2, 0) is 0 Å². The molecule has 2 atom stereocenters. The first kappa shape index (κ1) is 11.2. The fraction of sp³-hybridized carbons (Fsp3) is 0.438. The van der Waals surface area contributed by atoms with Crippen LogP contribution in [0.3, 0.4) is 0 Å². The van der Waals surface area contributed by atoms with Gasteiger partial charge in [-0.25, -0.2) is 0 Å². The normalized spacial score (nSPS) is 29.6. The number of hydrogen-bond donors (Lipinski definition) is 2. The lowest BCUT2D eigenvalue weighted by Gasteiger charge is -2.30. The van der Waals surface area contributed by atoms with Crippen LogP contribution in [0.15, 0.2) is 36.5 Å². The van der Waals surface area contributed by atoms with Gasteiger partial charge < -0.3 is 10.6 Å². The van der Waals surface area contributed by atoms with Gasteiger partial charge in [-0.2, -0.15) is 0 Å². The number of fused-ring (bicyclic) bond motifs is 3. The highest BCUT2D eigenvalue weighted by atomic mass is 15.0. The van der Waals surface area contributed by atoms with Gasteiger partial charge in [0.15, 0.2) is 0 Å². The fourth-order valence-corrected chi connectivity index (χ4v) is 3.62. The summed E-state index contributed by atoms with van der Waals surface area (Å²) in [5, 5.41) is 8.67. The molecule has 0 radical (unpaired) electrons. The highest BCUT2D eigenvalue weighted by molar-refractivity contribution is 5.90. The first-order valence-corrected chi connectivity index (χ1v) is 7.25. The topological polar surface area (TPSA) is 37.0 Å². The number of pyridine rings is 1. The number of anilines is 1. The van der Waals surface area contributed by atoms with Crippen LogP contribution in [0.25, 0.3) is 10.9 Å². The zero-order valence-electron chi connectivity index (χ0n) is 11.0. The van der Waals surface area contributed by atoms with Crippen LogP contribution < -0.4 is 10.6 Å². The second-order valence-electron chi connectivity index (χ2n) is 5.83. The first-order valence-electron chi connectivity index (χ1n) is 7.25. The van der Waals surface area contributed by atoms with Gasteiger partial charge in [-0.3, -0.25) is 4.98 Å². The molecule has 2 aliphatic heterocycles. The Labute approximate surface area is 113 Å². The average molecular weight is 253 g/mol. The zero-order valence-corrected chi connectivity index (χ0v) is 11.0. The summed E-state index contributed by atoms with van der Waals surface area (Å²) in [5.41, 5.74) is 2.31. The van der Waals surface area contributed by atoms with E-state index in [0.29, 0.717) is 6.04 Å². The Morgan fingerprint density at radius 2 is 1.84 bits per heavy atom. The maximum atomic E-state index is 4.42. The van der Waals surface area contributed by atoms with Gasteiger partial charge in [0.25, 0.3) is 0 Å². The number of rotatable bonds is 2. The summed E-state index contributed by atoms with van der Waals surface area (Å²) < 4.78 is 0. The molecule has 4 rings (SSSR count). The summed E-state index contributed by atoms with van der Waals surface area (Å²) >= 11 is 0. The third kappa shape index (κ3) is 2.08. The summed E-state index contributed by atoms with van der Waals surface area (Å²) in [6.45, 7) is 0. The molecule has 1 aromatic carbocycles. The number of nitrogens with zero attached hydrogens (tertiary/aromatic N) is 1. The van der Waals surface area contributed by atoms with Crippen molar-refractivity contribution in [2.24, 2.45) is 0 Å². The second-order valence-corrected chi connectivity index (χ2v) is 5.83. The lowest BCUT2D eigenvalue weighted by Crippen LogP contribution is -2.43. The third-order valence-corrected chi connectivity index (χ3v) is 4.48. The molecule has 98 valence electrons. The number of hydrogen-bond acceptors (Lipinski definition) is 3.